The number of rotatable bonds is 6. The Labute approximate surface area is 123 Å². The number of aryl methyl sites for hydroxylation is 2. The van der Waals surface area contributed by atoms with E-state index in [9.17, 15) is 13.2 Å². The predicted octanol–water partition coefficient (Wildman–Crippen LogP) is 1.06. The van der Waals surface area contributed by atoms with Crippen LogP contribution in [0.15, 0.2) is 41.6 Å². The molecule has 0 aliphatic carbocycles. The summed E-state index contributed by atoms with van der Waals surface area (Å²) in [4.78, 5) is 10.8. The van der Waals surface area contributed by atoms with Gasteiger partial charge >= 0.3 is 5.97 Å². The molecule has 0 aliphatic rings. The summed E-state index contributed by atoms with van der Waals surface area (Å²) in [6.45, 7) is 0. The standard InChI is InChI=1S/C14H16N2O4S/c1-16-10-12(9-15-16)6-7-21(19,20)13-4-2-11(3-5-13)8-14(17)18/h2-5,9-10H,6-8H2,1H3,(H,17,18). The summed E-state index contributed by atoms with van der Waals surface area (Å²) in [7, 11) is -1.60. The molecule has 7 heteroatoms. The molecule has 1 N–H and O–H groups in total. The van der Waals surface area contributed by atoms with Gasteiger partial charge in [-0.3, -0.25) is 9.48 Å². The fraction of sp³-hybridized carbons (Fsp3) is 0.286. The first-order valence-electron chi connectivity index (χ1n) is 6.38. The zero-order valence-corrected chi connectivity index (χ0v) is 12.4. The first-order chi connectivity index (χ1) is 9.87. The minimum Gasteiger partial charge on any atom is -0.481 e. The summed E-state index contributed by atoms with van der Waals surface area (Å²) in [6.07, 6.45) is 3.71. The fourth-order valence-electron chi connectivity index (χ4n) is 1.96. The van der Waals surface area contributed by atoms with Gasteiger partial charge in [0.05, 0.1) is 23.3 Å². The lowest BCUT2D eigenvalue weighted by Gasteiger charge is -2.04. The number of carboxylic acids is 1. The van der Waals surface area contributed by atoms with E-state index in [0.29, 0.717) is 12.0 Å². The lowest BCUT2D eigenvalue weighted by atomic mass is 10.2. The minimum atomic E-state index is -3.38. The molecule has 0 aliphatic heterocycles. The zero-order valence-electron chi connectivity index (χ0n) is 11.6. The van der Waals surface area contributed by atoms with Crippen LogP contribution in [-0.4, -0.2) is 35.0 Å². The molecular formula is C14H16N2O4S. The normalized spacial score (nSPS) is 11.5. The van der Waals surface area contributed by atoms with Crippen molar-refractivity contribution in [3.63, 3.8) is 0 Å². The molecule has 0 bridgehead atoms. The van der Waals surface area contributed by atoms with Gasteiger partial charge in [-0.15, -0.1) is 0 Å². The smallest absolute Gasteiger partial charge is 0.307 e. The molecular weight excluding hydrogens is 292 g/mol. The van der Waals surface area contributed by atoms with Gasteiger partial charge in [-0.2, -0.15) is 5.10 Å². The van der Waals surface area contributed by atoms with Crippen molar-refractivity contribution in [3.8, 4) is 0 Å². The van der Waals surface area contributed by atoms with E-state index in [1.165, 1.54) is 24.3 Å². The van der Waals surface area contributed by atoms with Crippen molar-refractivity contribution >= 4 is 15.8 Å². The zero-order chi connectivity index (χ0) is 15.5. The van der Waals surface area contributed by atoms with Gasteiger partial charge in [0.15, 0.2) is 9.84 Å². The lowest BCUT2D eigenvalue weighted by molar-refractivity contribution is -0.136. The van der Waals surface area contributed by atoms with Crippen LogP contribution < -0.4 is 0 Å². The Morgan fingerprint density at radius 2 is 1.90 bits per heavy atom. The van der Waals surface area contributed by atoms with Crippen LogP contribution in [0.2, 0.25) is 0 Å². The fourth-order valence-corrected chi connectivity index (χ4v) is 3.25. The van der Waals surface area contributed by atoms with Crippen molar-refractivity contribution in [1.82, 2.24) is 9.78 Å². The van der Waals surface area contributed by atoms with Crippen LogP contribution in [0.4, 0.5) is 0 Å². The topological polar surface area (TPSA) is 89.3 Å². The number of nitrogens with zero attached hydrogens (tertiary/aromatic N) is 2. The lowest BCUT2D eigenvalue weighted by Crippen LogP contribution is -2.09. The first-order valence-corrected chi connectivity index (χ1v) is 8.03. The molecule has 1 aromatic carbocycles. The summed E-state index contributed by atoms with van der Waals surface area (Å²) in [6, 6.07) is 5.98. The van der Waals surface area contributed by atoms with Crippen LogP contribution in [0, 0.1) is 0 Å². The third-order valence-electron chi connectivity index (χ3n) is 3.06. The highest BCUT2D eigenvalue weighted by molar-refractivity contribution is 7.91. The number of aliphatic carboxylic acids is 1. The number of aromatic nitrogens is 2. The number of sulfone groups is 1. The Morgan fingerprint density at radius 1 is 1.24 bits per heavy atom. The Balaban J connectivity index is 2.06. The van der Waals surface area contributed by atoms with E-state index in [2.05, 4.69) is 5.10 Å². The van der Waals surface area contributed by atoms with Crippen LogP contribution in [0.1, 0.15) is 11.1 Å². The molecule has 0 saturated heterocycles. The third kappa shape index (κ3) is 4.16. The van der Waals surface area contributed by atoms with E-state index < -0.39 is 15.8 Å². The van der Waals surface area contributed by atoms with Gasteiger partial charge in [0.2, 0.25) is 0 Å². The second-order valence-corrected chi connectivity index (χ2v) is 6.91. The van der Waals surface area contributed by atoms with Crippen LogP contribution in [0.25, 0.3) is 0 Å². The van der Waals surface area contributed by atoms with E-state index >= 15 is 0 Å². The van der Waals surface area contributed by atoms with E-state index in [4.69, 9.17) is 5.11 Å². The molecule has 0 spiro atoms. The highest BCUT2D eigenvalue weighted by Gasteiger charge is 2.15. The van der Waals surface area contributed by atoms with Crippen LogP contribution >= 0.6 is 0 Å². The van der Waals surface area contributed by atoms with Crippen molar-refractivity contribution in [2.75, 3.05) is 5.75 Å². The Kier molecular flexibility index (Phi) is 4.42. The van der Waals surface area contributed by atoms with E-state index in [0.717, 1.165) is 5.56 Å². The van der Waals surface area contributed by atoms with Gasteiger partial charge in [-0.25, -0.2) is 8.42 Å². The molecule has 0 amide bonds. The molecule has 0 radical (unpaired) electrons. The molecule has 1 heterocycles. The van der Waals surface area contributed by atoms with Gasteiger partial charge in [0, 0.05) is 13.2 Å². The highest BCUT2D eigenvalue weighted by atomic mass is 32.2. The quantitative estimate of drug-likeness (QED) is 0.862. The molecule has 112 valence electrons. The predicted molar refractivity (Wildman–Crippen MR) is 76.7 cm³/mol. The van der Waals surface area contributed by atoms with Crippen molar-refractivity contribution < 1.29 is 18.3 Å². The molecule has 2 aromatic rings. The third-order valence-corrected chi connectivity index (χ3v) is 4.79. The number of benzene rings is 1. The van der Waals surface area contributed by atoms with Crippen LogP contribution in [-0.2, 0) is 34.5 Å². The molecule has 0 fully saturated rings. The number of carbonyl (C=O) groups is 1. The monoisotopic (exact) mass is 308 g/mol. The second-order valence-electron chi connectivity index (χ2n) is 4.81. The highest BCUT2D eigenvalue weighted by Crippen LogP contribution is 2.14. The Bertz CT molecular complexity index is 733. The van der Waals surface area contributed by atoms with Crippen molar-refractivity contribution in [2.24, 2.45) is 7.05 Å². The van der Waals surface area contributed by atoms with Crippen molar-refractivity contribution in [2.45, 2.75) is 17.7 Å². The average Bonchev–Trinajstić information content (AvgIpc) is 2.82. The molecule has 6 nitrogen and oxygen atoms in total. The first kappa shape index (κ1) is 15.2. The van der Waals surface area contributed by atoms with Gasteiger partial charge in [-0.05, 0) is 29.7 Å². The largest absolute Gasteiger partial charge is 0.481 e. The van der Waals surface area contributed by atoms with Gasteiger partial charge < -0.3 is 5.11 Å². The van der Waals surface area contributed by atoms with Crippen LogP contribution in [0.3, 0.4) is 0 Å². The SMILES string of the molecule is Cn1cc(CCS(=O)(=O)c2ccc(CC(=O)O)cc2)cn1. The van der Waals surface area contributed by atoms with Gasteiger partial charge in [0.1, 0.15) is 0 Å². The van der Waals surface area contributed by atoms with E-state index in [1.807, 2.05) is 0 Å². The van der Waals surface area contributed by atoms with Crippen molar-refractivity contribution in [1.29, 1.82) is 0 Å². The maximum absolute atomic E-state index is 12.2. The maximum atomic E-state index is 12.2. The second kappa shape index (κ2) is 6.09. The van der Waals surface area contributed by atoms with E-state index in [1.54, 1.807) is 24.1 Å². The molecule has 2 rings (SSSR count). The van der Waals surface area contributed by atoms with Gasteiger partial charge in [-0.1, -0.05) is 12.1 Å². The number of carboxylic acid groups (broad SMARTS) is 1. The summed E-state index contributed by atoms with van der Waals surface area (Å²) >= 11 is 0. The average molecular weight is 308 g/mol. The number of hydrogen-bond donors (Lipinski definition) is 1. The molecule has 1 aromatic heterocycles. The molecule has 0 saturated carbocycles. The summed E-state index contributed by atoms with van der Waals surface area (Å²) in [5.74, 6) is -0.945. The summed E-state index contributed by atoms with van der Waals surface area (Å²) in [5, 5.41) is 12.7. The molecule has 0 atom stereocenters. The number of hydrogen-bond acceptors (Lipinski definition) is 4. The molecule has 21 heavy (non-hydrogen) atoms. The Hall–Kier alpha value is -2.15. The van der Waals surface area contributed by atoms with E-state index in [-0.39, 0.29) is 17.1 Å². The summed E-state index contributed by atoms with van der Waals surface area (Å²) < 4.78 is 26.0. The summed E-state index contributed by atoms with van der Waals surface area (Å²) in [5.41, 5.74) is 1.44. The van der Waals surface area contributed by atoms with Crippen molar-refractivity contribution in [3.05, 3.63) is 47.8 Å². The van der Waals surface area contributed by atoms with Crippen LogP contribution in [0.5, 0.6) is 0 Å². The maximum Gasteiger partial charge on any atom is 0.307 e. The minimum absolute atomic E-state index is 0.00301. The van der Waals surface area contributed by atoms with Gasteiger partial charge in [0.25, 0.3) is 0 Å². The Morgan fingerprint density at radius 3 is 2.43 bits per heavy atom. The molecule has 0 unspecified atom stereocenters.